The van der Waals surface area contributed by atoms with Crippen molar-refractivity contribution in [2.45, 2.75) is 25.7 Å². The molecule has 8 heteroatoms. The summed E-state index contributed by atoms with van der Waals surface area (Å²) in [7, 11) is -3.87. The summed E-state index contributed by atoms with van der Waals surface area (Å²) in [5.41, 5.74) is -0.524. The van der Waals surface area contributed by atoms with Crippen LogP contribution in [-0.2, 0) is 10.2 Å². The summed E-state index contributed by atoms with van der Waals surface area (Å²) < 4.78 is 41.6. The molecule has 116 valence electrons. The van der Waals surface area contributed by atoms with Gasteiger partial charge in [-0.3, -0.25) is 4.72 Å². The first-order chi connectivity index (χ1) is 9.90. The van der Waals surface area contributed by atoms with Crippen LogP contribution in [0.1, 0.15) is 36.0 Å². The SMILES string of the molecule is O=C(O)c1ccc(F)c(NS(=O)(=O)N2CCCCCC2)c1. The molecule has 1 saturated heterocycles. The molecule has 1 fully saturated rings. The van der Waals surface area contributed by atoms with Crippen molar-refractivity contribution in [1.82, 2.24) is 4.31 Å². The maximum absolute atomic E-state index is 13.7. The van der Waals surface area contributed by atoms with Crippen LogP contribution < -0.4 is 4.72 Å². The minimum atomic E-state index is -3.87. The zero-order valence-corrected chi connectivity index (χ0v) is 12.2. The summed E-state index contributed by atoms with van der Waals surface area (Å²) in [6.45, 7) is 0.769. The second kappa shape index (κ2) is 6.40. The fourth-order valence-electron chi connectivity index (χ4n) is 2.22. The number of nitrogens with one attached hydrogen (secondary N) is 1. The first kappa shape index (κ1) is 15.7. The number of benzene rings is 1. The van der Waals surface area contributed by atoms with Crippen LogP contribution in [0.3, 0.4) is 0 Å². The average Bonchev–Trinajstić information content (AvgIpc) is 2.70. The fourth-order valence-corrected chi connectivity index (χ4v) is 3.52. The summed E-state index contributed by atoms with van der Waals surface area (Å²) in [6, 6.07) is 3.00. The molecular weight excluding hydrogens is 299 g/mol. The van der Waals surface area contributed by atoms with Crippen molar-refractivity contribution < 1.29 is 22.7 Å². The Morgan fingerprint density at radius 2 is 1.81 bits per heavy atom. The van der Waals surface area contributed by atoms with Gasteiger partial charge in [-0.15, -0.1) is 0 Å². The number of rotatable bonds is 4. The molecule has 0 aromatic heterocycles. The highest BCUT2D eigenvalue weighted by atomic mass is 32.2. The number of aromatic carboxylic acids is 1. The molecular formula is C13H17FN2O4S. The van der Waals surface area contributed by atoms with Gasteiger partial charge in [0.25, 0.3) is 0 Å². The van der Waals surface area contributed by atoms with Crippen LogP contribution in [-0.4, -0.2) is 36.9 Å². The average molecular weight is 316 g/mol. The van der Waals surface area contributed by atoms with E-state index in [1.165, 1.54) is 4.31 Å². The number of carbonyl (C=O) groups is 1. The Labute approximate surface area is 122 Å². The molecule has 1 aliphatic rings. The summed E-state index contributed by atoms with van der Waals surface area (Å²) >= 11 is 0. The predicted octanol–water partition coefficient (Wildman–Crippen LogP) is 2.06. The van der Waals surface area contributed by atoms with E-state index in [0.717, 1.165) is 43.9 Å². The van der Waals surface area contributed by atoms with Gasteiger partial charge in [-0.1, -0.05) is 12.8 Å². The molecule has 0 saturated carbocycles. The normalized spacial score (nSPS) is 17.2. The summed E-state index contributed by atoms with van der Waals surface area (Å²) in [5, 5.41) is 8.87. The zero-order valence-electron chi connectivity index (χ0n) is 11.4. The Hall–Kier alpha value is -1.67. The lowest BCUT2D eigenvalue weighted by atomic mass is 10.2. The van der Waals surface area contributed by atoms with Crippen LogP contribution >= 0.6 is 0 Å². The van der Waals surface area contributed by atoms with Crippen molar-refractivity contribution in [1.29, 1.82) is 0 Å². The van der Waals surface area contributed by atoms with Crippen molar-refractivity contribution in [3.05, 3.63) is 29.6 Å². The lowest BCUT2D eigenvalue weighted by Crippen LogP contribution is -2.36. The van der Waals surface area contributed by atoms with Gasteiger partial charge in [0.15, 0.2) is 0 Å². The van der Waals surface area contributed by atoms with Gasteiger partial charge in [-0.05, 0) is 31.0 Å². The van der Waals surface area contributed by atoms with Gasteiger partial charge in [-0.25, -0.2) is 9.18 Å². The number of hydrogen-bond donors (Lipinski definition) is 2. The molecule has 0 bridgehead atoms. The van der Waals surface area contributed by atoms with E-state index in [4.69, 9.17) is 5.11 Å². The van der Waals surface area contributed by atoms with Crippen LogP contribution in [0.4, 0.5) is 10.1 Å². The fraction of sp³-hybridized carbons (Fsp3) is 0.462. The number of carboxylic acid groups (broad SMARTS) is 1. The maximum atomic E-state index is 13.7. The van der Waals surface area contributed by atoms with E-state index in [1.54, 1.807) is 0 Å². The Bertz CT molecular complexity index is 625. The van der Waals surface area contributed by atoms with Gasteiger partial charge in [-0.2, -0.15) is 12.7 Å². The van der Waals surface area contributed by atoms with E-state index in [2.05, 4.69) is 4.72 Å². The molecule has 0 amide bonds. The summed E-state index contributed by atoms with van der Waals surface area (Å²) in [5.74, 6) is -2.05. The quantitative estimate of drug-likeness (QED) is 0.890. The maximum Gasteiger partial charge on any atom is 0.335 e. The molecule has 21 heavy (non-hydrogen) atoms. The number of nitrogens with zero attached hydrogens (tertiary/aromatic N) is 1. The molecule has 1 aliphatic heterocycles. The van der Waals surface area contributed by atoms with Gasteiger partial charge in [0.1, 0.15) is 5.82 Å². The number of hydrogen-bond acceptors (Lipinski definition) is 3. The Balaban J connectivity index is 2.23. The molecule has 0 spiro atoms. The highest BCUT2D eigenvalue weighted by Crippen LogP contribution is 2.20. The minimum Gasteiger partial charge on any atom is -0.478 e. The molecule has 2 N–H and O–H groups in total. The lowest BCUT2D eigenvalue weighted by molar-refractivity contribution is 0.0697. The van der Waals surface area contributed by atoms with Crippen molar-refractivity contribution >= 4 is 21.9 Å². The second-order valence-corrected chi connectivity index (χ2v) is 6.59. The van der Waals surface area contributed by atoms with Crippen molar-refractivity contribution in [2.75, 3.05) is 17.8 Å². The highest BCUT2D eigenvalue weighted by Gasteiger charge is 2.24. The smallest absolute Gasteiger partial charge is 0.335 e. The van der Waals surface area contributed by atoms with Crippen molar-refractivity contribution in [2.24, 2.45) is 0 Å². The van der Waals surface area contributed by atoms with Gasteiger partial charge in [0, 0.05) is 13.1 Å². The lowest BCUT2D eigenvalue weighted by Gasteiger charge is -2.21. The number of carboxylic acids is 1. The molecule has 1 heterocycles. The van der Waals surface area contributed by atoms with Gasteiger partial charge >= 0.3 is 16.2 Å². The molecule has 0 atom stereocenters. The third-order valence-electron chi connectivity index (χ3n) is 3.36. The molecule has 0 unspecified atom stereocenters. The van der Waals surface area contributed by atoms with Crippen molar-refractivity contribution in [3.63, 3.8) is 0 Å². The zero-order chi connectivity index (χ0) is 15.5. The van der Waals surface area contributed by atoms with Crippen LogP contribution in [0.5, 0.6) is 0 Å². The Morgan fingerprint density at radius 1 is 1.19 bits per heavy atom. The molecule has 2 rings (SSSR count). The van der Waals surface area contributed by atoms with Crippen molar-refractivity contribution in [3.8, 4) is 0 Å². The third kappa shape index (κ3) is 3.92. The van der Waals surface area contributed by atoms with E-state index in [-0.39, 0.29) is 11.3 Å². The van der Waals surface area contributed by atoms with Crippen LogP contribution in [0.2, 0.25) is 0 Å². The van der Waals surface area contributed by atoms with E-state index in [9.17, 15) is 17.6 Å². The standard InChI is InChI=1S/C13H17FN2O4S/c14-11-6-5-10(13(17)18)9-12(11)15-21(19,20)16-7-3-1-2-4-8-16/h5-6,9,15H,1-4,7-8H2,(H,17,18). The van der Waals surface area contributed by atoms with E-state index in [0.29, 0.717) is 13.1 Å². The van der Waals surface area contributed by atoms with Gasteiger partial charge in [0.05, 0.1) is 11.3 Å². The van der Waals surface area contributed by atoms with Crippen LogP contribution in [0.15, 0.2) is 18.2 Å². The largest absolute Gasteiger partial charge is 0.478 e. The van der Waals surface area contributed by atoms with E-state index in [1.807, 2.05) is 0 Å². The minimum absolute atomic E-state index is 0.176. The predicted molar refractivity (Wildman–Crippen MR) is 75.9 cm³/mol. The molecule has 0 radical (unpaired) electrons. The first-order valence-electron chi connectivity index (χ1n) is 6.71. The first-order valence-corrected chi connectivity index (χ1v) is 8.15. The Morgan fingerprint density at radius 3 is 2.38 bits per heavy atom. The highest BCUT2D eigenvalue weighted by molar-refractivity contribution is 7.90. The van der Waals surface area contributed by atoms with Gasteiger partial charge in [0.2, 0.25) is 0 Å². The molecule has 6 nitrogen and oxygen atoms in total. The van der Waals surface area contributed by atoms with E-state index >= 15 is 0 Å². The second-order valence-electron chi connectivity index (χ2n) is 4.92. The summed E-state index contributed by atoms with van der Waals surface area (Å²) in [6.07, 6.45) is 3.46. The summed E-state index contributed by atoms with van der Waals surface area (Å²) in [4.78, 5) is 10.9. The monoisotopic (exact) mass is 316 g/mol. The van der Waals surface area contributed by atoms with Gasteiger partial charge < -0.3 is 5.11 Å². The Kier molecular flexibility index (Phi) is 4.79. The number of anilines is 1. The molecule has 1 aromatic rings. The number of halogens is 1. The van der Waals surface area contributed by atoms with Crippen LogP contribution in [0.25, 0.3) is 0 Å². The third-order valence-corrected chi connectivity index (χ3v) is 4.88. The van der Waals surface area contributed by atoms with E-state index < -0.39 is 22.0 Å². The molecule has 1 aromatic carbocycles. The van der Waals surface area contributed by atoms with Crippen LogP contribution in [0, 0.1) is 5.82 Å². The topological polar surface area (TPSA) is 86.7 Å². The molecule has 0 aliphatic carbocycles.